The second kappa shape index (κ2) is 5.55. The van der Waals surface area contributed by atoms with E-state index < -0.39 is 0 Å². The molecule has 1 atom stereocenters. The van der Waals surface area contributed by atoms with Crippen LogP contribution >= 0.6 is 12.2 Å². The summed E-state index contributed by atoms with van der Waals surface area (Å²) in [4.78, 5) is 7.69. The molecule has 0 aliphatic carbocycles. The normalized spacial score (nSPS) is 14.8. The van der Waals surface area contributed by atoms with Gasteiger partial charge in [0, 0.05) is 12.3 Å². The summed E-state index contributed by atoms with van der Waals surface area (Å²) >= 11 is 5.17. The monoisotopic (exact) mass is 240 g/mol. The lowest BCUT2D eigenvalue weighted by Crippen LogP contribution is -2.28. The molecule has 90 valence electrons. The molecule has 0 fully saturated rings. The molecule has 0 saturated carbocycles. The van der Waals surface area contributed by atoms with Gasteiger partial charge in [-0.1, -0.05) is 26.1 Å². The maximum Gasteiger partial charge on any atom is 0.139 e. The van der Waals surface area contributed by atoms with E-state index in [9.17, 15) is 0 Å². The fraction of sp³-hybridized carbons (Fsp3) is 0.667. The molecule has 1 aromatic heterocycles. The Kier molecular flexibility index (Phi) is 4.62. The Labute approximate surface area is 102 Å². The van der Waals surface area contributed by atoms with E-state index in [1.165, 1.54) is 0 Å². The van der Waals surface area contributed by atoms with Crippen LogP contribution in [0.15, 0.2) is 6.07 Å². The van der Waals surface area contributed by atoms with Gasteiger partial charge >= 0.3 is 0 Å². The summed E-state index contributed by atoms with van der Waals surface area (Å²) in [6, 6.07) is 1.90. The van der Waals surface area contributed by atoms with Crippen molar-refractivity contribution in [1.82, 2.24) is 9.97 Å². The van der Waals surface area contributed by atoms with Crippen LogP contribution in [0.5, 0.6) is 0 Å². The van der Waals surface area contributed by atoms with Crippen molar-refractivity contribution in [3.8, 4) is 0 Å². The molecule has 0 aliphatic heterocycles. The molecule has 0 saturated heterocycles. The highest BCUT2D eigenvalue weighted by atomic mass is 32.1. The van der Waals surface area contributed by atoms with Crippen LogP contribution in [0.3, 0.4) is 0 Å². The Hall–Kier alpha value is -0.740. The van der Waals surface area contributed by atoms with E-state index in [4.69, 9.17) is 17.0 Å². The zero-order valence-corrected chi connectivity index (χ0v) is 11.3. The van der Waals surface area contributed by atoms with Gasteiger partial charge in [0.25, 0.3) is 0 Å². The van der Waals surface area contributed by atoms with Gasteiger partial charge in [0.2, 0.25) is 0 Å². The van der Waals surface area contributed by atoms with Crippen molar-refractivity contribution in [3.05, 3.63) is 22.2 Å². The van der Waals surface area contributed by atoms with Crippen molar-refractivity contribution in [2.45, 2.75) is 46.1 Å². The van der Waals surface area contributed by atoms with Crippen molar-refractivity contribution in [2.75, 3.05) is 6.61 Å². The fourth-order valence-electron chi connectivity index (χ4n) is 1.60. The third-order valence-corrected chi connectivity index (χ3v) is 3.03. The molecular weight excluding hydrogens is 220 g/mol. The molecule has 4 heteroatoms. The Morgan fingerprint density at radius 2 is 2.12 bits per heavy atom. The number of H-pyrrole nitrogens is 1. The second-order valence-electron chi connectivity index (χ2n) is 3.96. The zero-order valence-electron chi connectivity index (χ0n) is 10.5. The second-order valence-corrected chi connectivity index (χ2v) is 4.38. The number of aryl methyl sites for hydroxylation is 1. The van der Waals surface area contributed by atoms with Crippen molar-refractivity contribution >= 4 is 12.2 Å². The number of hydrogen-bond donors (Lipinski definition) is 1. The average Bonchev–Trinajstić information content (AvgIpc) is 2.28. The molecule has 1 N–H and O–H groups in total. The van der Waals surface area contributed by atoms with Gasteiger partial charge in [-0.2, -0.15) is 0 Å². The highest BCUT2D eigenvalue weighted by molar-refractivity contribution is 7.71. The Balaban J connectivity index is 3.19. The SMILES string of the molecule is CCOC(C)(CC)c1nc(=S)cc(CC)[nH]1. The molecular formula is C12H20N2OS. The molecule has 1 rings (SSSR count). The lowest BCUT2D eigenvalue weighted by atomic mass is 10.0. The summed E-state index contributed by atoms with van der Waals surface area (Å²) in [5.41, 5.74) is 0.738. The molecule has 0 bridgehead atoms. The molecule has 1 unspecified atom stereocenters. The van der Waals surface area contributed by atoms with E-state index in [0.29, 0.717) is 11.2 Å². The first kappa shape index (κ1) is 13.3. The van der Waals surface area contributed by atoms with Gasteiger partial charge in [0.05, 0.1) is 0 Å². The standard InChI is InChI=1S/C12H20N2OS/c1-5-9-8-10(16)14-11(13-9)12(4,6-2)15-7-3/h8H,5-7H2,1-4H3,(H,13,14,16). The van der Waals surface area contributed by atoms with Crippen LogP contribution in [-0.4, -0.2) is 16.6 Å². The van der Waals surface area contributed by atoms with E-state index in [1.54, 1.807) is 0 Å². The van der Waals surface area contributed by atoms with Gasteiger partial charge in [0.15, 0.2) is 0 Å². The number of aromatic nitrogens is 2. The number of hydrogen-bond acceptors (Lipinski definition) is 3. The van der Waals surface area contributed by atoms with Gasteiger partial charge in [-0.3, -0.25) is 0 Å². The van der Waals surface area contributed by atoms with Crippen molar-refractivity contribution < 1.29 is 4.74 Å². The van der Waals surface area contributed by atoms with E-state index in [1.807, 2.05) is 19.9 Å². The van der Waals surface area contributed by atoms with Crippen molar-refractivity contribution in [2.24, 2.45) is 0 Å². The minimum atomic E-state index is -0.368. The van der Waals surface area contributed by atoms with Crippen LogP contribution in [0, 0.1) is 4.64 Å². The number of nitrogens with zero attached hydrogens (tertiary/aromatic N) is 1. The molecule has 1 heterocycles. The molecule has 0 aliphatic rings. The highest BCUT2D eigenvalue weighted by Gasteiger charge is 2.27. The Morgan fingerprint density at radius 3 is 2.62 bits per heavy atom. The third kappa shape index (κ3) is 2.89. The van der Waals surface area contributed by atoms with Crippen molar-refractivity contribution in [1.29, 1.82) is 0 Å². The minimum absolute atomic E-state index is 0.368. The predicted molar refractivity (Wildman–Crippen MR) is 68.1 cm³/mol. The summed E-state index contributed by atoms with van der Waals surface area (Å²) in [5, 5.41) is 0. The summed E-state index contributed by atoms with van der Waals surface area (Å²) < 4.78 is 6.41. The first-order valence-corrected chi connectivity index (χ1v) is 6.21. The van der Waals surface area contributed by atoms with E-state index in [0.717, 1.165) is 24.4 Å². The van der Waals surface area contributed by atoms with Crippen LogP contribution in [0.2, 0.25) is 0 Å². The number of aromatic amines is 1. The van der Waals surface area contributed by atoms with E-state index >= 15 is 0 Å². The van der Waals surface area contributed by atoms with Gasteiger partial charge in [0.1, 0.15) is 16.1 Å². The molecule has 0 spiro atoms. The van der Waals surface area contributed by atoms with E-state index in [-0.39, 0.29) is 5.60 Å². The molecule has 16 heavy (non-hydrogen) atoms. The Bertz CT molecular complexity index is 402. The summed E-state index contributed by atoms with van der Waals surface area (Å²) in [6.45, 7) is 8.89. The summed E-state index contributed by atoms with van der Waals surface area (Å²) in [5.74, 6) is 0.834. The molecule has 3 nitrogen and oxygen atoms in total. The first-order chi connectivity index (χ1) is 7.55. The largest absolute Gasteiger partial charge is 0.368 e. The topological polar surface area (TPSA) is 37.9 Å². The van der Waals surface area contributed by atoms with Gasteiger partial charge in [-0.25, -0.2) is 4.98 Å². The maximum atomic E-state index is 5.78. The van der Waals surface area contributed by atoms with E-state index in [2.05, 4.69) is 23.8 Å². The van der Waals surface area contributed by atoms with Gasteiger partial charge in [-0.15, -0.1) is 0 Å². The first-order valence-electron chi connectivity index (χ1n) is 5.80. The summed E-state index contributed by atoms with van der Waals surface area (Å²) in [6.07, 6.45) is 1.79. The predicted octanol–water partition coefficient (Wildman–Crippen LogP) is 3.36. The molecule has 0 amide bonds. The summed E-state index contributed by atoms with van der Waals surface area (Å²) in [7, 11) is 0. The van der Waals surface area contributed by atoms with Gasteiger partial charge < -0.3 is 9.72 Å². The Morgan fingerprint density at radius 1 is 1.44 bits per heavy atom. The van der Waals surface area contributed by atoms with Crippen LogP contribution in [0.4, 0.5) is 0 Å². The number of nitrogens with one attached hydrogen (secondary N) is 1. The molecule has 0 radical (unpaired) electrons. The maximum absolute atomic E-state index is 5.78. The number of rotatable bonds is 5. The number of ether oxygens (including phenoxy) is 1. The van der Waals surface area contributed by atoms with Crippen LogP contribution < -0.4 is 0 Å². The quantitative estimate of drug-likeness (QED) is 0.802. The minimum Gasteiger partial charge on any atom is -0.368 e. The average molecular weight is 240 g/mol. The lowest BCUT2D eigenvalue weighted by Gasteiger charge is -2.27. The van der Waals surface area contributed by atoms with Crippen molar-refractivity contribution in [3.63, 3.8) is 0 Å². The zero-order chi connectivity index (χ0) is 12.2. The highest BCUT2D eigenvalue weighted by Crippen LogP contribution is 2.25. The van der Waals surface area contributed by atoms with Crippen LogP contribution in [-0.2, 0) is 16.8 Å². The van der Waals surface area contributed by atoms with Crippen LogP contribution in [0.25, 0.3) is 0 Å². The smallest absolute Gasteiger partial charge is 0.139 e. The molecule has 1 aromatic rings. The lowest BCUT2D eigenvalue weighted by molar-refractivity contribution is -0.0392. The fourth-order valence-corrected chi connectivity index (χ4v) is 1.84. The molecule has 0 aromatic carbocycles. The third-order valence-electron chi connectivity index (χ3n) is 2.82. The van der Waals surface area contributed by atoms with Gasteiger partial charge in [-0.05, 0) is 32.8 Å². The van der Waals surface area contributed by atoms with Crippen LogP contribution in [0.1, 0.15) is 45.6 Å².